The van der Waals surface area contributed by atoms with Crippen LogP contribution in [0.4, 0.5) is 0 Å². The van der Waals surface area contributed by atoms with E-state index in [2.05, 4.69) is 5.32 Å². The van der Waals surface area contributed by atoms with Crippen molar-refractivity contribution >= 4 is 17.2 Å². The van der Waals surface area contributed by atoms with Crippen LogP contribution in [0.15, 0.2) is 47.8 Å². The average Bonchev–Trinajstić information content (AvgIpc) is 3.09. The van der Waals surface area contributed by atoms with Gasteiger partial charge in [0.25, 0.3) is 0 Å². The summed E-state index contributed by atoms with van der Waals surface area (Å²) in [6.45, 7) is 2.50. The van der Waals surface area contributed by atoms with E-state index in [9.17, 15) is 9.90 Å². The highest BCUT2D eigenvalue weighted by Crippen LogP contribution is 2.23. The lowest BCUT2D eigenvalue weighted by Crippen LogP contribution is -2.52. The van der Waals surface area contributed by atoms with Gasteiger partial charge in [0.2, 0.25) is 5.91 Å². The minimum absolute atomic E-state index is 0.0147. The molecule has 1 aromatic carbocycles. The molecule has 128 valence electrons. The maximum atomic E-state index is 12.3. The number of hydrogen-bond acceptors (Lipinski definition) is 5. The van der Waals surface area contributed by atoms with Crippen LogP contribution in [0.1, 0.15) is 16.5 Å². The highest BCUT2D eigenvalue weighted by atomic mass is 32.1. The molecule has 1 amide bonds. The molecule has 1 aromatic heterocycles. The minimum Gasteiger partial charge on any atom is -0.389 e. The van der Waals surface area contributed by atoms with E-state index < -0.39 is 6.10 Å². The number of benzene rings is 1. The lowest BCUT2D eigenvalue weighted by Gasteiger charge is -2.36. The number of piperazine rings is 1. The molecule has 2 N–H and O–H groups in total. The van der Waals surface area contributed by atoms with Crippen molar-refractivity contribution in [2.75, 3.05) is 26.2 Å². The molecule has 0 spiro atoms. The first-order valence-corrected chi connectivity index (χ1v) is 8.97. The number of hydrogen-bond donors (Lipinski definition) is 2. The normalized spacial score (nSPS) is 19.9. The molecule has 24 heavy (non-hydrogen) atoms. The van der Waals surface area contributed by atoms with Crippen molar-refractivity contribution in [3.63, 3.8) is 0 Å². The maximum Gasteiger partial charge on any atom is 0.242 e. The fourth-order valence-electron chi connectivity index (χ4n) is 2.92. The van der Waals surface area contributed by atoms with Crippen LogP contribution >= 0.6 is 11.3 Å². The van der Waals surface area contributed by atoms with Crippen molar-refractivity contribution < 1.29 is 14.6 Å². The minimum atomic E-state index is -0.623. The molecule has 6 heteroatoms. The van der Waals surface area contributed by atoms with Gasteiger partial charge in [-0.15, -0.1) is 11.3 Å². The zero-order valence-electron chi connectivity index (χ0n) is 13.4. The summed E-state index contributed by atoms with van der Waals surface area (Å²) in [6, 6.07) is 13.3. The van der Waals surface area contributed by atoms with E-state index in [1.807, 2.05) is 52.7 Å². The number of aliphatic hydroxyl groups is 1. The first-order valence-electron chi connectivity index (χ1n) is 8.09. The fourth-order valence-corrected chi connectivity index (χ4v) is 3.56. The molecule has 0 aliphatic carbocycles. The maximum absolute atomic E-state index is 12.3. The predicted molar refractivity (Wildman–Crippen MR) is 93.7 cm³/mol. The monoisotopic (exact) mass is 346 g/mol. The van der Waals surface area contributed by atoms with Crippen molar-refractivity contribution in [2.45, 2.75) is 18.8 Å². The number of β-amino-alcohol motifs (C(OH)–C–C–N with tert-alkyl or cyclic N) is 1. The summed E-state index contributed by atoms with van der Waals surface area (Å²) < 4.78 is 5.58. The molecular formula is C18H22N2O3S. The van der Waals surface area contributed by atoms with Crippen LogP contribution in [0.25, 0.3) is 0 Å². The summed E-state index contributed by atoms with van der Waals surface area (Å²) in [5.41, 5.74) is 0.946. The summed E-state index contributed by atoms with van der Waals surface area (Å²) >= 11 is 1.64. The first kappa shape index (κ1) is 17.1. The largest absolute Gasteiger partial charge is 0.389 e. The third-order valence-corrected chi connectivity index (χ3v) is 4.86. The average molecular weight is 346 g/mol. The number of nitrogens with one attached hydrogen (secondary N) is 1. The molecule has 2 aromatic rings. The second kappa shape index (κ2) is 8.39. The van der Waals surface area contributed by atoms with E-state index in [1.165, 1.54) is 0 Å². The molecule has 2 heterocycles. The van der Waals surface area contributed by atoms with Crippen molar-refractivity contribution in [1.82, 2.24) is 10.2 Å². The lowest BCUT2D eigenvalue weighted by molar-refractivity contribution is -0.130. The Balaban J connectivity index is 1.56. The number of aliphatic hydroxyl groups excluding tert-OH is 1. The van der Waals surface area contributed by atoms with Gasteiger partial charge in [-0.05, 0) is 17.0 Å². The fraction of sp³-hybridized carbons (Fsp3) is 0.389. The Labute approximate surface area is 145 Å². The summed E-state index contributed by atoms with van der Waals surface area (Å²) in [4.78, 5) is 15.5. The van der Waals surface area contributed by atoms with E-state index in [0.29, 0.717) is 26.2 Å². The third kappa shape index (κ3) is 4.42. The van der Waals surface area contributed by atoms with Crippen LogP contribution in [0.3, 0.4) is 0 Å². The Morgan fingerprint density at radius 1 is 1.29 bits per heavy atom. The van der Waals surface area contributed by atoms with Gasteiger partial charge in [0, 0.05) is 24.5 Å². The van der Waals surface area contributed by atoms with Crippen LogP contribution < -0.4 is 5.32 Å². The standard InChI is InChI=1S/C18H22N2O3S/c21-15(12-23-13-16-7-4-10-24-16)11-20-9-8-19-18(22)17(20)14-5-2-1-3-6-14/h1-7,10,15,17,21H,8-9,11-13H2,(H,19,22)/t15-,17+/m1/s1. The predicted octanol–water partition coefficient (Wildman–Crippen LogP) is 1.80. The van der Waals surface area contributed by atoms with E-state index in [-0.39, 0.29) is 18.6 Å². The number of rotatable bonds is 7. The second-order valence-corrected chi connectivity index (χ2v) is 6.88. The molecule has 5 nitrogen and oxygen atoms in total. The second-order valence-electron chi connectivity index (χ2n) is 5.85. The van der Waals surface area contributed by atoms with Gasteiger partial charge in [0.15, 0.2) is 0 Å². The van der Waals surface area contributed by atoms with Crippen LogP contribution in [0.5, 0.6) is 0 Å². The van der Waals surface area contributed by atoms with Crippen molar-refractivity contribution in [3.05, 3.63) is 58.3 Å². The van der Waals surface area contributed by atoms with Gasteiger partial charge in [-0.1, -0.05) is 36.4 Å². The van der Waals surface area contributed by atoms with Gasteiger partial charge < -0.3 is 15.2 Å². The Morgan fingerprint density at radius 3 is 2.88 bits per heavy atom. The molecular weight excluding hydrogens is 324 g/mol. The Kier molecular flexibility index (Phi) is 5.98. The van der Waals surface area contributed by atoms with E-state index in [1.54, 1.807) is 11.3 Å². The van der Waals surface area contributed by atoms with Crippen molar-refractivity contribution in [2.24, 2.45) is 0 Å². The quantitative estimate of drug-likeness (QED) is 0.803. The molecule has 1 fully saturated rings. The van der Waals surface area contributed by atoms with Crippen molar-refractivity contribution in [1.29, 1.82) is 0 Å². The van der Waals surface area contributed by atoms with E-state index in [0.717, 1.165) is 10.4 Å². The zero-order valence-corrected chi connectivity index (χ0v) is 14.2. The van der Waals surface area contributed by atoms with Crippen molar-refractivity contribution in [3.8, 4) is 0 Å². The van der Waals surface area contributed by atoms with Crippen LogP contribution in [-0.4, -0.2) is 48.3 Å². The van der Waals surface area contributed by atoms with Gasteiger partial charge in [-0.25, -0.2) is 0 Å². The lowest BCUT2D eigenvalue weighted by atomic mass is 10.0. The SMILES string of the molecule is O=C1NCCN(C[C@@H](O)COCc2cccs2)[C@H]1c1ccccc1. The van der Waals surface area contributed by atoms with Gasteiger partial charge >= 0.3 is 0 Å². The Bertz CT molecular complexity index is 633. The Hall–Kier alpha value is -1.73. The molecule has 2 atom stereocenters. The highest BCUT2D eigenvalue weighted by molar-refractivity contribution is 7.09. The first-order chi connectivity index (χ1) is 11.7. The number of ether oxygens (including phenoxy) is 1. The van der Waals surface area contributed by atoms with Gasteiger partial charge in [-0.3, -0.25) is 9.69 Å². The van der Waals surface area contributed by atoms with E-state index in [4.69, 9.17) is 4.74 Å². The molecule has 3 rings (SSSR count). The zero-order chi connectivity index (χ0) is 16.8. The molecule has 0 unspecified atom stereocenters. The van der Waals surface area contributed by atoms with Crippen LogP contribution in [0.2, 0.25) is 0 Å². The van der Waals surface area contributed by atoms with Crippen LogP contribution in [0, 0.1) is 0 Å². The molecule has 1 aliphatic heterocycles. The summed E-state index contributed by atoms with van der Waals surface area (Å²) in [5.74, 6) is -0.0147. The summed E-state index contributed by atoms with van der Waals surface area (Å²) in [5, 5.41) is 15.2. The van der Waals surface area contributed by atoms with Crippen LogP contribution in [-0.2, 0) is 16.1 Å². The summed E-state index contributed by atoms with van der Waals surface area (Å²) in [6.07, 6.45) is -0.623. The molecule has 0 radical (unpaired) electrons. The Morgan fingerprint density at radius 2 is 2.12 bits per heavy atom. The molecule has 0 bridgehead atoms. The third-order valence-electron chi connectivity index (χ3n) is 4.01. The highest BCUT2D eigenvalue weighted by Gasteiger charge is 2.31. The van der Waals surface area contributed by atoms with E-state index >= 15 is 0 Å². The molecule has 0 saturated carbocycles. The number of thiophene rings is 1. The number of carbonyl (C=O) groups excluding carboxylic acids is 1. The van der Waals surface area contributed by atoms with Gasteiger partial charge in [0.1, 0.15) is 6.04 Å². The molecule has 1 saturated heterocycles. The number of nitrogens with zero attached hydrogens (tertiary/aromatic N) is 1. The smallest absolute Gasteiger partial charge is 0.242 e. The number of amides is 1. The number of carbonyl (C=O) groups is 1. The van der Waals surface area contributed by atoms with Gasteiger partial charge in [0.05, 0.1) is 19.3 Å². The topological polar surface area (TPSA) is 61.8 Å². The van der Waals surface area contributed by atoms with Gasteiger partial charge in [-0.2, -0.15) is 0 Å². The molecule has 1 aliphatic rings. The summed E-state index contributed by atoms with van der Waals surface area (Å²) in [7, 11) is 0.